The van der Waals surface area contributed by atoms with Gasteiger partial charge in [0.15, 0.2) is 6.10 Å². The zero-order valence-electron chi connectivity index (χ0n) is 15.3. The molecule has 7 heteroatoms. The summed E-state index contributed by atoms with van der Waals surface area (Å²) in [6, 6.07) is 11.0. The fourth-order valence-electron chi connectivity index (χ4n) is 2.96. The Kier molecular flexibility index (Phi) is 5.59. The third kappa shape index (κ3) is 4.36. The van der Waals surface area contributed by atoms with Crippen molar-refractivity contribution in [3.05, 3.63) is 53.8 Å². The Morgan fingerprint density at radius 3 is 2.81 bits per heavy atom. The average Bonchev–Trinajstić information content (AvgIpc) is 3.05. The zero-order chi connectivity index (χ0) is 19.4. The van der Waals surface area contributed by atoms with Crippen LogP contribution in [0.25, 0.3) is 0 Å². The molecule has 3 rings (SSSR count). The number of urea groups is 1. The lowest BCUT2D eigenvalue weighted by molar-refractivity contribution is -0.122. The Labute approximate surface area is 157 Å². The highest BCUT2D eigenvalue weighted by molar-refractivity contribution is 5.97. The molecule has 142 valence electrons. The van der Waals surface area contributed by atoms with E-state index >= 15 is 0 Å². The molecule has 0 bridgehead atoms. The fraction of sp³-hybridized carbons (Fsp3) is 0.300. The second-order valence-electron chi connectivity index (χ2n) is 6.29. The Morgan fingerprint density at radius 1 is 1.26 bits per heavy atom. The van der Waals surface area contributed by atoms with Crippen LogP contribution in [-0.2, 0) is 11.2 Å². The minimum Gasteiger partial charge on any atom is -0.481 e. The molecule has 0 spiro atoms. The van der Waals surface area contributed by atoms with Crippen molar-refractivity contribution in [1.82, 2.24) is 5.32 Å². The molecule has 0 saturated heterocycles. The van der Waals surface area contributed by atoms with E-state index in [-0.39, 0.29) is 17.7 Å². The van der Waals surface area contributed by atoms with Crippen LogP contribution in [0.15, 0.2) is 42.5 Å². The fourth-order valence-corrected chi connectivity index (χ4v) is 2.96. The van der Waals surface area contributed by atoms with Crippen molar-refractivity contribution < 1.29 is 18.7 Å². The van der Waals surface area contributed by atoms with Gasteiger partial charge in [0, 0.05) is 24.8 Å². The number of ether oxygens (including phenoxy) is 1. The predicted molar refractivity (Wildman–Crippen MR) is 102 cm³/mol. The number of hydrogen-bond donors (Lipinski definition) is 2. The van der Waals surface area contributed by atoms with Gasteiger partial charge >= 0.3 is 6.03 Å². The lowest BCUT2D eigenvalue weighted by atomic mass is 10.1. The summed E-state index contributed by atoms with van der Waals surface area (Å²) in [4.78, 5) is 26.2. The molecule has 0 saturated carbocycles. The van der Waals surface area contributed by atoms with Gasteiger partial charge in [-0.3, -0.25) is 9.69 Å². The number of anilines is 2. The van der Waals surface area contributed by atoms with Gasteiger partial charge in [-0.15, -0.1) is 0 Å². The summed E-state index contributed by atoms with van der Waals surface area (Å²) in [6.45, 7) is 4.62. The molecule has 1 aliphatic rings. The monoisotopic (exact) mass is 371 g/mol. The normalized spacial score (nSPS) is 13.7. The highest BCUT2D eigenvalue weighted by Gasteiger charge is 2.25. The Hall–Kier alpha value is -3.09. The first-order valence-corrected chi connectivity index (χ1v) is 8.89. The van der Waals surface area contributed by atoms with Crippen molar-refractivity contribution in [3.63, 3.8) is 0 Å². The van der Waals surface area contributed by atoms with E-state index in [1.165, 1.54) is 18.2 Å². The van der Waals surface area contributed by atoms with Gasteiger partial charge in [0.1, 0.15) is 11.6 Å². The standard InChI is InChI=1S/C20H22FN3O3/c1-3-22-20(26)24-10-9-14-7-8-16(12-18(14)24)23-19(25)13(2)27-17-6-4-5-15(21)11-17/h4-8,11-13H,3,9-10H2,1-2H3,(H,22,26)(H,23,25)/t13-/m1/s1. The van der Waals surface area contributed by atoms with Crippen molar-refractivity contribution in [3.8, 4) is 5.75 Å². The largest absolute Gasteiger partial charge is 0.481 e. The third-order valence-corrected chi connectivity index (χ3v) is 4.30. The number of amides is 3. The maximum absolute atomic E-state index is 13.2. The molecule has 1 atom stereocenters. The number of rotatable bonds is 5. The number of halogens is 1. The summed E-state index contributed by atoms with van der Waals surface area (Å²) >= 11 is 0. The first kappa shape index (κ1) is 18.7. The number of carbonyl (C=O) groups is 2. The molecule has 0 aliphatic carbocycles. The lowest BCUT2D eigenvalue weighted by Gasteiger charge is -2.19. The molecule has 6 nitrogen and oxygen atoms in total. The molecule has 0 unspecified atom stereocenters. The third-order valence-electron chi connectivity index (χ3n) is 4.30. The molecular formula is C20H22FN3O3. The lowest BCUT2D eigenvalue weighted by Crippen LogP contribution is -2.38. The van der Waals surface area contributed by atoms with Gasteiger partial charge in [-0.05, 0) is 50.1 Å². The highest BCUT2D eigenvalue weighted by atomic mass is 19.1. The van der Waals surface area contributed by atoms with Crippen molar-refractivity contribution in [2.24, 2.45) is 0 Å². The van der Waals surface area contributed by atoms with Gasteiger partial charge in [-0.1, -0.05) is 12.1 Å². The highest BCUT2D eigenvalue weighted by Crippen LogP contribution is 2.31. The van der Waals surface area contributed by atoms with Gasteiger partial charge in [-0.2, -0.15) is 0 Å². The smallest absolute Gasteiger partial charge is 0.321 e. The molecule has 2 N–H and O–H groups in total. The molecule has 0 aromatic heterocycles. The number of nitrogens with one attached hydrogen (secondary N) is 2. The molecular weight excluding hydrogens is 349 g/mol. The van der Waals surface area contributed by atoms with Crippen LogP contribution in [0.3, 0.4) is 0 Å². The molecule has 2 aromatic carbocycles. The van der Waals surface area contributed by atoms with Gasteiger partial charge in [0.2, 0.25) is 0 Å². The van der Waals surface area contributed by atoms with Crippen molar-refractivity contribution in [1.29, 1.82) is 0 Å². The maximum atomic E-state index is 13.2. The number of carbonyl (C=O) groups excluding carboxylic acids is 2. The number of benzene rings is 2. The van der Waals surface area contributed by atoms with Crippen LogP contribution in [-0.4, -0.2) is 31.1 Å². The molecule has 1 heterocycles. The van der Waals surface area contributed by atoms with E-state index in [9.17, 15) is 14.0 Å². The Balaban J connectivity index is 1.68. The summed E-state index contributed by atoms with van der Waals surface area (Å²) in [5, 5.41) is 5.57. The molecule has 3 amide bonds. The van der Waals surface area contributed by atoms with Gasteiger partial charge in [0.05, 0.1) is 5.69 Å². The summed E-state index contributed by atoms with van der Waals surface area (Å²) in [6.07, 6.45) is -0.0284. The van der Waals surface area contributed by atoms with Crippen LogP contribution in [0.5, 0.6) is 5.75 Å². The Morgan fingerprint density at radius 2 is 2.07 bits per heavy atom. The molecule has 1 aliphatic heterocycles. The van der Waals surface area contributed by atoms with Crippen LogP contribution < -0.4 is 20.3 Å². The van der Waals surface area contributed by atoms with E-state index in [4.69, 9.17) is 4.74 Å². The summed E-state index contributed by atoms with van der Waals surface area (Å²) in [7, 11) is 0. The van der Waals surface area contributed by atoms with Crippen LogP contribution in [0, 0.1) is 5.82 Å². The van der Waals surface area contributed by atoms with Crippen LogP contribution in [0.2, 0.25) is 0 Å². The van der Waals surface area contributed by atoms with Gasteiger partial charge in [-0.25, -0.2) is 9.18 Å². The first-order chi connectivity index (χ1) is 13.0. The summed E-state index contributed by atoms with van der Waals surface area (Å²) in [5.41, 5.74) is 2.42. The van der Waals surface area contributed by atoms with Gasteiger partial charge in [0.25, 0.3) is 5.91 Å². The minimum atomic E-state index is -0.806. The van der Waals surface area contributed by atoms with E-state index in [1.807, 2.05) is 13.0 Å². The minimum absolute atomic E-state index is 0.150. The second kappa shape index (κ2) is 8.07. The van der Waals surface area contributed by atoms with E-state index in [2.05, 4.69) is 10.6 Å². The maximum Gasteiger partial charge on any atom is 0.321 e. The topological polar surface area (TPSA) is 70.7 Å². The van der Waals surface area contributed by atoms with Crippen molar-refractivity contribution >= 4 is 23.3 Å². The SMILES string of the molecule is CCNC(=O)N1CCc2ccc(NC(=O)[C@@H](C)Oc3cccc(F)c3)cc21. The molecule has 0 radical (unpaired) electrons. The average molecular weight is 371 g/mol. The number of hydrogen-bond acceptors (Lipinski definition) is 3. The Bertz CT molecular complexity index is 856. The zero-order valence-corrected chi connectivity index (χ0v) is 15.3. The second-order valence-corrected chi connectivity index (χ2v) is 6.29. The number of nitrogens with zero attached hydrogens (tertiary/aromatic N) is 1. The molecule has 27 heavy (non-hydrogen) atoms. The first-order valence-electron chi connectivity index (χ1n) is 8.89. The quantitative estimate of drug-likeness (QED) is 0.847. The van der Waals surface area contributed by atoms with Crippen molar-refractivity contribution in [2.45, 2.75) is 26.4 Å². The van der Waals surface area contributed by atoms with Crippen LogP contribution >= 0.6 is 0 Å². The summed E-state index contributed by atoms with van der Waals surface area (Å²) < 4.78 is 18.7. The molecule has 2 aromatic rings. The van der Waals surface area contributed by atoms with Crippen LogP contribution in [0.1, 0.15) is 19.4 Å². The van der Waals surface area contributed by atoms with E-state index in [1.54, 1.807) is 30.0 Å². The summed E-state index contributed by atoms with van der Waals surface area (Å²) in [5.74, 6) is -0.500. The number of fused-ring (bicyclic) bond motifs is 1. The predicted octanol–water partition coefficient (Wildman–Crippen LogP) is 3.32. The van der Waals surface area contributed by atoms with E-state index in [0.717, 1.165) is 17.7 Å². The van der Waals surface area contributed by atoms with Crippen LogP contribution in [0.4, 0.5) is 20.6 Å². The van der Waals surface area contributed by atoms with E-state index in [0.29, 0.717) is 18.8 Å². The molecule has 0 fully saturated rings. The van der Waals surface area contributed by atoms with E-state index < -0.39 is 11.9 Å². The van der Waals surface area contributed by atoms with Crippen molar-refractivity contribution in [2.75, 3.05) is 23.3 Å². The van der Waals surface area contributed by atoms with Gasteiger partial charge < -0.3 is 15.4 Å².